The van der Waals surface area contributed by atoms with E-state index in [9.17, 15) is 18.0 Å². The maximum Gasteiger partial charge on any atom is 0.418 e. The molecular weight excluding hydrogens is 223 g/mol. The summed E-state index contributed by atoms with van der Waals surface area (Å²) in [5.74, 6) is -0.904. The Kier molecular flexibility index (Phi) is 3.06. The molecule has 0 radical (unpaired) electrons. The van der Waals surface area contributed by atoms with Crippen LogP contribution in [0.2, 0.25) is 0 Å². The summed E-state index contributed by atoms with van der Waals surface area (Å²) in [4.78, 5) is 14.6. The number of pyridine rings is 1. The first-order valence-electron chi connectivity index (χ1n) is 4.33. The van der Waals surface area contributed by atoms with E-state index in [1.54, 1.807) is 0 Å². The van der Waals surface area contributed by atoms with E-state index in [0.29, 0.717) is 6.20 Å². The Morgan fingerprint density at radius 2 is 2.06 bits per heavy atom. The normalized spacial score (nSPS) is 11.3. The lowest BCUT2D eigenvalue weighted by Gasteiger charge is -2.14. The van der Waals surface area contributed by atoms with E-state index in [-0.39, 0.29) is 16.9 Å². The van der Waals surface area contributed by atoms with Gasteiger partial charge < -0.3 is 11.1 Å². The molecule has 4 nitrogen and oxygen atoms in total. The number of alkyl halides is 3. The zero-order valence-electron chi connectivity index (χ0n) is 8.64. The number of nitrogens with one attached hydrogen (secondary N) is 1. The lowest BCUT2D eigenvalue weighted by molar-refractivity contribution is -0.138. The Hall–Kier alpha value is -1.79. The maximum atomic E-state index is 12.5. The van der Waals surface area contributed by atoms with E-state index in [0.717, 1.165) is 0 Å². The van der Waals surface area contributed by atoms with Gasteiger partial charge in [0.1, 0.15) is 5.82 Å². The second-order valence-electron chi connectivity index (χ2n) is 3.13. The molecule has 3 N–H and O–H groups in total. The van der Waals surface area contributed by atoms with Crippen LogP contribution in [0.5, 0.6) is 0 Å². The molecule has 0 aromatic carbocycles. The fraction of sp³-hybridized carbons (Fsp3) is 0.333. The molecule has 88 valence electrons. The fourth-order valence-corrected chi connectivity index (χ4v) is 1.38. The van der Waals surface area contributed by atoms with E-state index < -0.39 is 17.6 Å². The molecule has 1 aromatic rings. The molecule has 1 amide bonds. The Labute approximate surface area is 89.7 Å². The Balaban J connectivity index is 3.50. The van der Waals surface area contributed by atoms with Gasteiger partial charge in [0.2, 0.25) is 0 Å². The number of nitrogens with zero attached hydrogens (tertiary/aromatic N) is 1. The molecule has 0 fully saturated rings. The van der Waals surface area contributed by atoms with E-state index in [1.807, 2.05) is 0 Å². The summed E-state index contributed by atoms with van der Waals surface area (Å²) < 4.78 is 37.5. The van der Waals surface area contributed by atoms with Crippen molar-refractivity contribution >= 4 is 11.7 Å². The van der Waals surface area contributed by atoms with Crippen LogP contribution in [0.1, 0.15) is 21.5 Å². The third-order valence-corrected chi connectivity index (χ3v) is 2.13. The topological polar surface area (TPSA) is 68.0 Å². The predicted molar refractivity (Wildman–Crippen MR) is 52.0 cm³/mol. The van der Waals surface area contributed by atoms with Crippen LogP contribution in [-0.2, 0) is 6.18 Å². The van der Waals surface area contributed by atoms with Gasteiger partial charge in [0.05, 0.1) is 11.1 Å². The van der Waals surface area contributed by atoms with Crippen LogP contribution >= 0.6 is 0 Å². The number of hydrogen-bond donors (Lipinski definition) is 2. The number of hydrogen-bond acceptors (Lipinski definition) is 3. The minimum absolute atomic E-state index is 0.0398. The summed E-state index contributed by atoms with van der Waals surface area (Å²) in [6, 6.07) is 0. The number of halogens is 3. The Morgan fingerprint density at radius 3 is 2.44 bits per heavy atom. The molecule has 0 spiro atoms. The van der Waals surface area contributed by atoms with Crippen LogP contribution in [0.25, 0.3) is 0 Å². The molecule has 1 aromatic heterocycles. The van der Waals surface area contributed by atoms with Gasteiger partial charge in [-0.15, -0.1) is 0 Å². The number of anilines is 1. The molecule has 0 saturated heterocycles. The zero-order chi connectivity index (χ0) is 12.5. The van der Waals surface area contributed by atoms with E-state index in [2.05, 4.69) is 10.3 Å². The van der Waals surface area contributed by atoms with E-state index in [4.69, 9.17) is 5.73 Å². The summed E-state index contributed by atoms with van der Waals surface area (Å²) >= 11 is 0. The summed E-state index contributed by atoms with van der Waals surface area (Å²) in [7, 11) is 1.45. The number of carbonyl (C=O) groups is 1. The summed E-state index contributed by atoms with van der Waals surface area (Å²) in [6.07, 6.45) is -3.87. The standard InChI is InChI=1S/C9H10F3N3O/c1-4-5(9(10,11)12)3-15-8(14-2)6(4)7(13)16/h3H,1-2H3,(H2,13,16)(H,14,15). The average Bonchev–Trinajstić information content (AvgIpc) is 2.14. The number of primary amides is 1. The molecule has 16 heavy (non-hydrogen) atoms. The van der Waals surface area contributed by atoms with Crippen LogP contribution in [-0.4, -0.2) is 17.9 Å². The number of rotatable bonds is 2. The predicted octanol–water partition coefficient (Wildman–Crippen LogP) is 1.55. The van der Waals surface area contributed by atoms with E-state index >= 15 is 0 Å². The van der Waals surface area contributed by atoms with Crippen molar-refractivity contribution in [2.45, 2.75) is 13.1 Å². The van der Waals surface area contributed by atoms with Crippen molar-refractivity contribution in [2.75, 3.05) is 12.4 Å². The fourth-order valence-electron chi connectivity index (χ4n) is 1.38. The molecule has 0 aliphatic heterocycles. The Morgan fingerprint density at radius 1 is 1.50 bits per heavy atom. The minimum Gasteiger partial charge on any atom is -0.372 e. The molecule has 1 rings (SSSR count). The van der Waals surface area contributed by atoms with Gasteiger partial charge in [0.25, 0.3) is 5.91 Å². The SMILES string of the molecule is CNc1ncc(C(F)(F)F)c(C)c1C(N)=O. The highest BCUT2D eigenvalue weighted by molar-refractivity contribution is 5.99. The number of aromatic nitrogens is 1. The summed E-state index contributed by atoms with van der Waals surface area (Å²) in [5, 5.41) is 2.52. The van der Waals surface area contributed by atoms with Crippen LogP contribution < -0.4 is 11.1 Å². The van der Waals surface area contributed by atoms with Gasteiger partial charge in [-0.3, -0.25) is 4.79 Å². The van der Waals surface area contributed by atoms with Crippen LogP contribution in [0, 0.1) is 6.92 Å². The Bertz CT molecular complexity index is 429. The number of amides is 1. The van der Waals surface area contributed by atoms with Crippen molar-refractivity contribution in [3.8, 4) is 0 Å². The number of nitrogens with two attached hydrogens (primary N) is 1. The number of carbonyl (C=O) groups excluding carboxylic acids is 1. The average molecular weight is 233 g/mol. The second kappa shape index (κ2) is 3.99. The molecule has 0 atom stereocenters. The van der Waals surface area contributed by atoms with Gasteiger partial charge in [0, 0.05) is 13.2 Å². The van der Waals surface area contributed by atoms with Gasteiger partial charge >= 0.3 is 6.18 Å². The van der Waals surface area contributed by atoms with Gasteiger partial charge in [-0.25, -0.2) is 4.98 Å². The molecule has 0 saturated carbocycles. The van der Waals surface area contributed by atoms with E-state index in [1.165, 1.54) is 14.0 Å². The third kappa shape index (κ3) is 2.07. The molecule has 0 aliphatic rings. The zero-order valence-corrected chi connectivity index (χ0v) is 8.64. The third-order valence-electron chi connectivity index (χ3n) is 2.13. The molecular formula is C9H10F3N3O. The summed E-state index contributed by atoms with van der Waals surface area (Å²) in [6.45, 7) is 1.19. The highest BCUT2D eigenvalue weighted by Crippen LogP contribution is 2.33. The van der Waals surface area contributed by atoms with Crippen LogP contribution in [0.4, 0.5) is 19.0 Å². The van der Waals surface area contributed by atoms with Crippen molar-refractivity contribution in [3.05, 3.63) is 22.9 Å². The van der Waals surface area contributed by atoms with Crippen molar-refractivity contribution in [3.63, 3.8) is 0 Å². The van der Waals surface area contributed by atoms with Crippen molar-refractivity contribution in [2.24, 2.45) is 5.73 Å². The summed E-state index contributed by atoms with van der Waals surface area (Å²) in [5.41, 5.74) is 3.60. The minimum atomic E-state index is -4.55. The van der Waals surface area contributed by atoms with Crippen LogP contribution in [0.3, 0.4) is 0 Å². The molecule has 1 heterocycles. The largest absolute Gasteiger partial charge is 0.418 e. The maximum absolute atomic E-state index is 12.5. The van der Waals surface area contributed by atoms with Crippen molar-refractivity contribution in [1.82, 2.24) is 4.98 Å². The molecule has 7 heteroatoms. The van der Waals surface area contributed by atoms with Gasteiger partial charge in [-0.1, -0.05) is 0 Å². The van der Waals surface area contributed by atoms with Crippen molar-refractivity contribution in [1.29, 1.82) is 0 Å². The smallest absolute Gasteiger partial charge is 0.372 e. The highest BCUT2D eigenvalue weighted by atomic mass is 19.4. The monoisotopic (exact) mass is 233 g/mol. The van der Waals surface area contributed by atoms with Crippen molar-refractivity contribution < 1.29 is 18.0 Å². The lowest BCUT2D eigenvalue weighted by Crippen LogP contribution is -2.20. The second-order valence-corrected chi connectivity index (χ2v) is 3.13. The first kappa shape index (κ1) is 12.3. The lowest BCUT2D eigenvalue weighted by atomic mass is 10.0. The van der Waals surface area contributed by atoms with Crippen LogP contribution in [0.15, 0.2) is 6.20 Å². The first-order chi connectivity index (χ1) is 7.29. The first-order valence-corrected chi connectivity index (χ1v) is 4.33. The van der Waals surface area contributed by atoms with Gasteiger partial charge in [0.15, 0.2) is 0 Å². The quantitative estimate of drug-likeness (QED) is 0.814. The van der Waals surface area contributed by atoms with Gasteiger partial charge in [-0.2, -0.15) is 13.2 Å². The van der Waals surface area contributed by atoms with Gasteiger partial charge in [-0.05, 0) is 12.5 Å². The molecule has 0 aliphatic carbocycles. The molecule has 0 bridgehead atoms. The highest BCUT2D eigenvalue weighted by Gasteiger charge is 2.35. The molecule has 0 unspecified atom stereocenters.